The molecule has 2 aliphatic rings. The summed E-state index contributed by atoms with van der Waals surface area (Å²) in [5, 5.41) is 3.16. The highest BCUT2D eigenvalue weighted by Gasteiger charge is 2.25. The van der Waals surface area contributed by atoms with Gasteiger partial charge < -0.3 is 19.9 Å². The van der Waals surface area contributed by atoms with Crippen LogP contribution < -0.4 is 10.1 Å². The summed E-state index contributed by atoms with van der Waals surface area (Å²) in [6.07, 6.45) is 5.78. The van der Waals surface area contributed by atoms with Crippen LogP contribution in [-0.2, 0) is 0 Å². The summed E-state index contributed by atoms with van der Waals surface area (Å²) >= 11 is 0. The van der Waals surface area contributed by atoms with E-state index in [4.69, 9.17) is 4.74 Å². The minimum Gasteiger partial charge on any atom is -0.490 e. The number of carbonyl (C=O) groups excluding carboxylic acids is 1. The van der Waals surface area contributed by atoms with E-state index in [-0.39, 0.29) is 12.0 Å². The standard InChI is InChI=1S/C35H45N3O2/c1-2-21-37-22-17-28(18-23-37)26-36-35(39)31-13-15-32(16-14-31)40-33-19-24-38(25-20-33)27-34(29-9-5-3-6-10-29)30-11-7-4-8-12-30/h3-16,28,33-34H,2,17-27H2,1H3,(H,36,39). The molecule has 212 valence electrons. The Morgan fingerprint density at radius 3 is 1.95 bits per heavy atom. The molecular weight excluding hydrogens is 494 g/mol. The molecule has 0 aliphatic carbocycles. The molecule has 2 saturated heterocycles. The lowest BCUT2D eigenvalue weighted by atomic mass is 9.90. The van der Waals surface area contributed by atoms with Crippen LogP contribution in [0.3, 0.4) is 0 Å². The zero-order valence-corrected chi connectivity index (χ0v) is 24.0. The molecule has 1 amide bonds. The number of amides is 1. The van der Waals surface area contributed by atoms with Gasteiger partial charge in [-0.25, -0.2) is 0 Å². The molecule has 2 heterocycles. The lowest BCUT2D eigenvalue weighted by molar-refractivity contribution is 0.0935. The number of piperidine rings is 2. The second-order valence-corrected chi connectivity index (χ2v) is 11.5. The van der Waals surface area contributed by atoms with Crippen molar-refractivity contribution in [3.05, 3.63) is 102 Å². The van der Waals surface area contributed by atoms with E-state index in [0.717, 1.165) is 57.9 Å². The van der Waals surface area contributed by atoms with Crippen LogP contribution >= 0.6 is 0 Å². The maximum atomic E-state index is 12.7. The van der Waals surface area contributed by atoms with Crippen LogP contribution in [0.1, 0.15) is 66.4 Å². The first-order valence-electron chi connectivity index (χ1n) is 15.3. The van der Waals surface area contributed by atoms with Crippen molar-refractivity contribution in [3.8, 4) is 5.75 Å². The molecule has 3 aromatic rings. The predicted molar refractivity (Wildman–Crippen MR) is 163 cm³/mol. The van der Waals surface area contributed by atoms with Crippen LogP contribution in [0, 0.1) is 5.92 Å². The molecule has 0 atom stereocenters. The Kier molecular flexibility index (Phi) is 10.3. The summed E-state index contributed by atoms with van der Waals surface area (Å²) in [6, 6.07) is 29.4. The number of nitrogens with one attached hydrogen (secondary N) is 1. The Morgan fingerprint density at radius 1 is 0.800 bits per heavy atom. The van der Waals surface area contributed by atoms with Gasteiger partial charge in [0, 0.05) is 37.7 Å². The minimum atomic E-state index is 0.0160. The number of benzene rings is 3. The van der Waals surface area contributed by atoms with Crippen molar-refractivity contribution in [3.63, 3.8) is 0 Å². The Labute approximate surface area is 240 Å². The normalized spacial score (nSPS) is 17.6. The Hall–Kier alpha value is -3.15. The quantitative estimate of drug-likeness (QED) is 0.315. The van der Waals surface area contributed by atoms with Crippen molar-refractivity contribution in [2.75, 3.05) is 45.8 Å². The first kappa shape index (κ1) is 28.4. The second kappa shape index (κ2) is 14.5. The van der Waals surface area contributed by atoms with E-state index in [0.29, 0.717) is 17.4 Å². The predicted octanol–water partition coefficient (Wildman–Crippen LogP) is 6.21. The van der Waals surface area contributed by atoms with Crippen molar-refractivity contribution in [1.29, 1.82) is 0 Å². The largest absolute Gasteiger partial charge is 0.490 e. The fraction of sp³-hybridized carbons (Fsp3) is 0.457. The average molecular weight is 540 g/mol. The van der Waals surface area contributed by atoms with Crippen LogP contribution in [0.5, 0.6) is 5.75 Å². The molecule has 0 spiro atoms. The van der Waals surface area contributed by atoms with Gasteiger partial charge in [-0.1, -0.05) is 67.6 Å². The van der Waals surface area contributed by atoms with E-state index in [1.54, 1.807) is 0 Å². The van der Waals surface area contributed by atoms with Gasteiger partial charge in [0.15, 0.2) is 0 Å². The zero-order valence-electron chi connectivity index (χ0n) is 24.0. The van der Waals surface area contributed by atoms with Crippen molar-refractivity contribution in [2.45, 2.75) is 51.0 Å². The van der Waals surface area contributed by atoms with Crippen LogP contribution in [0.15, 0.2) is 84.9 Å². The zero-order chi connectivity index (χ0) is 27.6. The molecule has 0 saturated carbocycles. The molecule has 3 aromatic carbocycles. The highest BCUT2D eigenvalue weighted by atomic mass is 16.5. The molecule has 0 unspecified atom stereocenters. The fourth-order valence-corrected chi connectivity index (χ4v) is 6.19. The second-order valence-electron chi connectivity index (χ2n) is 11.5. The number of likely N-dealkylation sites (tertiary alicyclic amines) is 2. The van der Waals surface area contributed by atoms with E-state index in [2.05, 4.69) is 82.7 Å². The third kappa shape index (κ3) is 7.96. The van der Waals surface area contributed by atoms with Gasteiger partial charge in [-0.15, -0.1) is 0 Å². The number of nitrogens with zero attached hydrogens (tertiary/aromatic N) is 2. The minimum absolute atomic E-state index is 0.0160. The third-order valence-electron chi connectivity index (χ3n) is 8.60. The van der Waals surface area contributed by atoms with Gasteiger partial charge >= 0.3 is 0 Å². The molecule has 0 bridgehead atoms. The lowest BCUT2D eigenvalue weighted by Gasteiger charge is -2.34. The van der Waals surface area contributed by atoms with Gasteiger partial charge in [0.05, 0.1) is 0 Å². The Balaban J connectivity index is 1.06. The van der Waals surface area contributed by atoms with E-state index in [1.807, 2.05) is 24.3 Å². The number of rotatable bonds is 11. The summed E-state index contributed by atoms with van der Waals surface area (Å²) in [5.74, 6) is 1.82. The lowest BCUT2D eigenvalue weighted by Crippen LogP contribution is -2.40. The van der Waals surface area contributed by atoms with E-state index in [1.165, 1.54) is 36.9 Å². The molecule has 5 heteroatoms. The third-order valence-corrected chi connectivity index (χ3v) is 8.60. The summed E-state index contributed by atoms with van der Waals surface area (Å²) < 4.78 is 6.33. The molecule has 5 rings (SSSR count). The molecule has 40 heavy (non-hydrogen) atoms. The fourth-order valence-electron chi connectivity index (χ4n) is 6.19. The van der Waals surface area contributed by atoms with Gasteiger partial charge in [0.25, 0.3) is 5.91 Å². The number of carbonyl (C=O) groups is 1. The number of ether oxygens (including phenoxy) is 1. The van der Waals surface area contributed by atoms with Crippen LogP contribution in [0.25, 0.3) is 0 Å². The van der Waals surface area contributed by atoms with Crippen molar-refractivity contribution < 1.29 is 9.53 Å². The molecule has 5 nitrogen and oxygen atoms in total. The maximum Gasteiger partial charge on any atom is 0.251 e. The molecule has 1 N–H and O–H groups in total. The summed E-state index contributed by atoms with van der Waals surface area (Å²) in [4.78, 5) is 17.8. The highest BCUT2D eigenvalue weighted by molar-refractivity contribution is 5.94. The molecular formula is C35H45N3O2. The van der Waals surface area contributed by atoms with Crippen LogP contribution in [0.4, 0.5) is 0 Å². The highest BCUT2D eigenvalue weighted by Crippen LogP contribution is 2.28. The monoisotopic (exact) mass is 539 g/mol. The number of hydrogen-bond donors (Lipinski definition) is 1. The molecule has 2 aliphatic heterocycles. The van der Waals surface area contributed by atoms with Crippen molar-refractivity contribution in [2.24, 2.45) is 5.92 Å². The maximum absolute atomic E-state index is 12.7. The first-order chi connectivity index (χ1) is 19.7. The van der Waals surface area contributed by atoms with E-state index >= 15 is 0 Å². The molecule has 0 aromatic heterocycles. The van der Waals surface area contributed by atoms with Gasteiger partial charge in [0.2, 0.25) is 0 Å². The van der Waals surface area contributed by atoms with E-state index < -0.39 is 0 Å². The van der Waals surface area contributed by atoms with Gasteiger partial charge in [-0.3, -0.25) is 4.79 Å². The van der Waals surface area contributed by atoms with Gasteiger partial charge in [-0.2, -0.15) is 0 Å². The molecule has 0 radical (unpaired) electrons. The van der Waals surface area contributed by atoms with E-state index in [9.17, 15) is 4.79 Å². The smallest absolute Gasteiger partial charge is 0.251 e. The Morgan fingerprint density at radius 2 is 1.38 bits per heavy atom. The molecule has 2 fully saturated rings. The summed E-state index contributed by atoms with van der Waals surface area (Å²) in [5.41, 5.74) is 3.44. The van der Waals surface area contributed by atoms with Gasteiger partial charge in [0.1, 0.15) is 11.9 Å². The Bertz CT molecular complexity index is 1110. The first-order valence-corrected chi connectivity index (χ1v) is 15.3. The summed E-state index contributed by atoms with van der Waals surface area (Å²) in [7, 11) is 0. The summed E-state index contributed by atoms with van der Waals surface area (Å²) in [6.45, 7) is 9.57. The topological polar surface area (TPSA) is 44.8 Å². The van der Waals surface area contributed by atoms with Crippen molar-refractivity contribution in [1.82, 2.24) is 15.1 Å². The van der Waals surface area contributed by atoms with Gasteiger partial charge in [-0.05, 0) is 93.0 Å². The average Bonchev–Trinajstić information content (AvgIpc) is 3.01. The number of hydrogen-bond acceptors (Lipinski definition) is 4. The SMILES string of the molecule is CCCN1CCC(CNC(=O)c2ccc(OC3CCN(CC(c4ccccc4)c4ccccc4)CC3)cc2)CC1. The van der Waals surface area contributed by atoms with Crippen LogP contribution in [-0.4, -0.2) is 67.6 Å². The van der Waals surface area contributed by atoms with Crippen LogP contribution in [0.2, 0.25) is 0 Å². The van der Waals surface area contributed by atoms with Crippen molar-refractivity contribution >= 4 is 5.91 Å².